The third-order valence-electron chi connectivity index (χ3n) is 7.58. The summed E-state index contributed by atoms with van der Waals surface area (Å²) in [5.41, 5.74) is 1.48. The van der Waals surface area contributed by atoms with Crippen LogP contribution >= 0.6 is 0 Å². The molecule has 3 heterocycles. The molecular weight excluding hydrogens is 583 g/mol. The zero-order valence-electron chi connectivity index (χ0n) is 23.6. The fourth-order valence-corrected chi connectivity index (χ4v) is 6.09. The third kappa shape index (κ3) is 7.54. The van der Waals surface area contributed by atoms with Crippen LogP contribution < -0.4 is 15.0 Å². The molecule has 2 aromatic carbocycles. The lowest BCUT2D eigenvalue weighted by atomic mass is 10.0. The quantitative estimate of drug-likeness (QED) is 0.274. The van der Waals surface area contributed by atoms with Crippen LogP contribution in [-0.4, -0.2) is 79.7 Å². The Hall–Kier alpha value is -3.93. The molecule has 1 N–H and O–H groups in total. The number of nitrogens with one attached hydrogen (secondary N) is 1. The summed E-state index contributed by atoms with van der Waals surface area (Å²) in [5, 5.41) is 3.32. The van der Waals surface area contributed by atoms with Gasteiger partial charge in [0.1, 0.15) is 17.9 Å². The second kappa shape index (κ2) is 12.7. The minimum absolute atomic E-state index is 0.321. The van der Waals surface area contributed by atoms with Crippen molar-refractivity contribution in [1.29, 1.82) is 0 Å². The number of fused-ring (bicyclic) bond motifs is 1. The normalized spacial score (nSPS) is 16.4. The Kier molecular flexibility index (Phi) is 9.05. The number of halogens is 3. The Labute approximate surface area is 249 Å². The first-order valence-corrected chi connectivity index (χ1v) is 15.7. The molecule has 10 nitrogen and oxygen atoms in total. The number of benzene rings is 2. The second-order valence-corrected chi connectivity index (χ2v) is 12.5. The molecule has 5 rings (SSSR count). The minimum atomic E-state index is -4.61. The van der Waals surface area contributed by atoms with Crippen LogP contribution in [-0.2, 0) is 29.2 Å². The minimum Gasteiger partial charge on any atom is -0.494 e. The summed E-state index contributed by atoms with van der Waals surface area (Å²) >= 11 is 0. The third-order valence-corrected chi connectivity index (χ3v) is 8.89. The van der Waals surface area contributed by atoms with Crippen molar-refractivity contribution in [2.24, 2.45) is 0 Å². The van der Waals surface area contributed by atoms with E-state index in [9.17, 15) is 21.6 Å². The Balaban J connectivity index is 1.14. The number of piperazine rings is 1. The van der Waals surface area contributed by atoms with Gasteiger partial charge < -0.3 is 19.9 Å². The monoisotopic (exact) mass is 615 g/mol. The van der Waals surface area contributed by atoms with Gasteiger partial charge in [-0.2, -0.15) is 17.5 Å². The van der Waals surface area contributed by atoms with Crippen LogP contribution in [0.1, 0.15) is 23.2 Å². The summed E-state index contributed by atoms with van der Waals surface area (Å²) in [7, 11) is -3.13. The van der Waals surface area contributed by atoms with Crippen molar-refractivity contribution >= 4 is 32.9 Å². The Bertz CT molecular complexity index is 1590. The highest BCUT2D eigenvalue weighted by Crippen LogP contribution is 2.39. The van der Waals surface area contributed by atoms with E-state index in [1.54, 1.807) is 6.07 Å². The number of anilines is 3. The number of hydrogen-bond acceptors (Lipinski definition) is 8. The first kappa shape index (κ1) is 30.5. The summed E-state index contributed by atoms with van der Waals surface area (Å²) in [4.78, 5) is 15.9. The topological polar surface area (TPSA) is 95.3 Å². The predicted molar refractivity (Wildman–Crippen MR) is 157 cm³/mol. The van der Waals surface area contributed by atoms with Gasteiger partial charge in [0, 0.05) is 56.2 Å². The number of nitrogens with zero attached hydrogens (tertiary/aromatic N) is 6. The number of aromatic nitrogens is 2. The molecule has 2 aliphatic heterocycles. The van der Waals surface area contributed by atoms with Gasteiger partial charge >= 0.3 is 6.18 Å². The zero-order valence-corrected chi connectivity index (χ0v) is 24.5. The molecule has 0 amide bonds. The summed E-state index contributed by atoms with van der Waals surface area (Å²) in [6, 6.07) is 11.3. The lowest BCUT2D eigenvalue weighted by molar-refractivity contribution is -0.136. The lowest BCUT2D eigenvalue weighted by Gasteiger charge is -2.33. The van der Waals surface area contributed by atoms with E-state index in [-0.39, 0.29) is 0 Å². The standard InChI is InChI=1S/C29H32F3N7O3S/c1-33-26-9-6-22(18-25(26)29(30,31)32)38-12-10-24-27(19-38)34-20-35-28(24)36-21-4-7-23(8-5-21)42-17-3-11-37-13-15-39(16-14-37)43(2,40)41/h4-9,18,20H,3,10-17,19H2,2H3,(H,34,35,36). The van der Waals surface area contributed by atoms with Gasteiger partial charge in [0.25, 0.3) is 0 Å². The molecule has 0 saturated carbocycles. The van der Waals surface area contributed by atoms with Crippen LogP contribution in [0.2, 0.25) is 0 Å². The molecule has 228 valence electrons. The van der Waals surface area contributed by atoms with E-state index in [0.29, 0.717) is 63.8 Å². The smallest absolute Gasteiger partial charge is 0.407 e. The number of sulfonamides is 1. The van der Waals surface area contributed by atoms with Crippen molar-refractivity contribution in [2.45, 2.75) is 25.6 Å². The van der Waals surface area contributed by atoms with Gasteiger partial charge in [-0.25, -0.2) is 23.2 Å². The molecule has 0 radical (unpaired) electrons. The Morgan fingerprint density at radius 1 is 1.05 bits per heavy atom. The fraction of sp³-hybridized carbons (Fsp3) is 0.414. The van der Waals surface area contributed by atoms with Gasteiger partial charge in [-0.3, -0.25) is 0 Å². The molecule has 1 fully saturated rings. The van der Waals surface area contributed by atoms with Gasteiger partial charge in [-0.15, -0.1) is 0 Å². The lowest BCUT2D eigenvalue weighted by Crippen LogP contribution is -2.48. The van der Waals surface area contributed by atoms with Crippen LogP contribution in [0, 0.1) is 6.57 Å². The summed E-state index contributed by atoms with van der Waals surface area (Å²) < 4.78 is 71.1. The van der Waals surface area contributed by atoms with Crippen molar-refractivity contribution in [2.75, 3.05) is 62.3 Å². The molecule has 1 aromatic heterocycles. The van der Waals surface area contributed by atoms with Gasteiger partial charge in [0.15, 0.2) is 5.69 Å². The average molecular weight is 616 g/mol. The van der Waals surface area contributed by atoms with Crippen molar-refractivity contribution in [3.63, 3.8) is 0 Å². The Morgan fingerprint density at radius 3 is 2.47 bits per heavy atom. The maximum absolute atomic E-state index is 13.5. The summed E-state index contributed by atoms with van der Waals surface area (Å²) in [6.07, 6.45) is -0.568. The van der Waals surface area contributed by atoms with Gasteiger partial charge in [0.05, 0.1) is 37.2 Å². The van der Waals surface area contributed by atoms with Gasteiger partial charge in [-0.1, -0.05) is 6.07 Å². The van der Waals surface area contributed by atoms with Crippen LogP contribution in [0.15, 0.2) is 48.8 Å². The summed E-state index contributed by atoms with van der Waals surface area (Å²) in [5.74, 6) is 1.38. The number of ether oxygens (including phenoxy) is 1. The molecule has 0 aliphatic carbocycles. The molecule has 0 bridgehead atoms. The van der Waals surface area contributed by atoms with E-state index >= 15 is 0 Å². The molecule has 0 unspecified atom stereocenters. The molecular formula is C29H32F3N7O3S. The highest BCUT2D eigenvalue weighted by Gasteiger charge is 2.34. The summed E-state index contributed by atoms with van der Waals surface area (Å²) in [6.45, 7) is 11.7. The average Bonchev–Trinajstić information content (AvgIpc) is 2.99. The highest BCUT2D eigenvalue weighted by atomic mass is 32.2. The van der Waals surface area contributed by atoms with E-state index in [1.165, 1.54) is 23.0 Å². The molecule has 2 aliphatic rings. The van der Waals surface area contributed by atoms with Crippen molar-refractivity contribution in [1.82, 2.24) is 19.2 Å². The van der Waals surface area contributed by atoms with E-state index in [1.807, 2.05) is 29.2 Å². The second-order valence-electron chi connectivity index (χ2n) is 10.5. The molecule has 43 heavy (non-hydrogen) atoms. The molecule has 3 aromatic rings. The highest BCUT2D eigenvalue weighted by molar-refractivity contribution is 7.88. The van der Waals surface area contributed by atoms with E-state index < -0.39 is 27.5 Å². The SMILES string of the molecule is [C-]#[N+]c1ccc(N2CCc3c(ncnc3Nc3ccc(OCCCN4CCN(S(C)(=O)=O)CC4)cc3)C2)cc1C(F)(F)F. The predicted octanol–water partition coefficient (Wildman–Crippen LogP) is 4.70. The van der Waals surface area contributed by atoms with Crippen LogP contribution in [0.5, 0.6) is 5.75 Å². The van der Waals surface area contributed by atoms with Crippen molar-refractivity contribution in [3.8, 4) is 5.75 Å². The van der Waals surface area contributed by atoms with Crippen molar-refractivity contribution < 1.29 is 26.3 Å². The van der Waals surface area contributed by atoms with Crippen molar-refractivity contribution in [3.05, 3.63) is 77.0 Å². The molecule has 0 spiro atoms. The van der Waals surface area contributed by atoms with E-state index in [0.717, 1.165) is 41.7 Å². The number of rotatable bonds is 9. The van der Waals surface area contributed by atoms with Crippen LogP contribution in [0.4, 0.5) is 36.1 Å². The molecule has 1 saturated heterocycles. The maximum atomic E-state index is 13.5. The van der Waals surface area contributed by atoms with E-state index in [2.05, 4.69) is 25.0 Å². The van der Waals surface area contributed by atoms with Gasteiger partial charge in [0.2, 0.25) is 10.0 Å². The maximum Gasteiger partial charge on any atom is 0.407 e. The largest absolute Gasteiger partial charge is 0.494 e. The number of hydrogen-bond donors (Lipinski definition) is 1. The number of alkyl halides is 3. The molecule has 14 heteroatoms. The first-order valence-electron chi connectivity index (χ1n) is 13.8. The van der Waals surface area contributed by atoms with Crippen LogP contribution in [0.3, 0.4) is 0 Å². The fourth-order valence-electron chi connectivity index (χ4n) is 5.26. The molecule has 0 atom stereocenters. The first-order chi connectivity index (χ1) is 20.5. The Morgan fingerprint density at radius 2 is 1.79 bits per heavy atom. The zero-order chi connectivity index (χ0) is 30.6. The van der Waals surface area contributed by atoms with Crippen LogP contribution in [0.25, 0.3) is 4.85 Å². The van der Waals surface area contributed by atoms with E-state index in [4.69, 9.17) is 11.3 Å². The van der Waals surface area contributed by atoms with Gasteiger partial charge in [-0.05, 0) is 49.2 Å².